The van der Waals surface area contributed by atoms with Gasteiger partial charge in [-0.15, -0.1) is 12.3 Å². The Balaban J connectivity index is 1.72. The summed E-state index contributed by atoms with van der Waals surface area (Å²) in [4.78, 5) is 25.4. The molecule has 9 heteroatoms. The van der Waals surface area contributed by atoms with Crippen LogP contribution in [0.2, 0.25) is 0 Å². The summed E-state index contributed by atoms with van der Waals surface area (Å²) in [6, 6.07) is 0. The lowest BCUT2D eigenvalue weighted by molar-refractivity contribution is -0.140. The summed E-state index contributed by atoms with van der Waals surface area (Å²) in [5, 5.41) is 9.76. The van der Waals surface area contributed by atoms with E-state index < -0.39 is 30.2 Å². The third kappa shape index (κ3) is 5.22. The van der Waals surface area contributed by atoms with Crippen molar-refractivity contribution in [3.8, 4) is 12.3 Å². The number of amides is 2. The molecule has 1 fully saturated rings. The van der Waals surface area contributed by atoms with Crippen molar-refractivity contribution in [2.24, 2.45) is 16.1 Å². The molecule has 1 N–H and O–H groups in total. The highest BCUT2D eigenvalue weighted by Gasteiger charge is 2.40. The number of alkyl halides is 3. The van der Waals surface area contributed by atoms with Crippen LogP contribution >= 0.6 is 0 Å². The van der Waals surface area contributed by atoms with Gasteiger partial charge in [0.25, 0.3) is 0 Å². The van der Waals surface area contributed by atoms with Crippen molar-refractivity contribution in [3.05, 3.63) is 0 Å². The Morgan fingerprint density at radius 2 is 2.04 bits per heavy atom. The molecule has 0 aromatic heterocycles. The summed E-state index contributed by atoms with van der Waals surface area (Å²) >= 11 is 0. The molecule has 2 rings (SSSR count). The van der Waals surface area contributed by atoms with Crippen LogP contribution in [0.1, 0.15) is 32.1 Å². The monoisotopic (exact) mass is 344 g/mol. The van der Waals surface area contributed by atoms with Crippen LogP contribution in [-0.2, 0) is 9.59 Å². The minimum absolute atomic E-state index is 0.140. The molecule has 0 aromatic carbocycles. The largest absolute Gasteiger partial charge is 0.405 e. The molecule has 1 saturated heterocycles. The number of hydrogen-bond acceptors (Lipinski definition) is 4. The van der Waals surface area contributed by atoms with E-state index in [-0.39, 0.29) is 18.9 Å². The fourth-order valence-electron chi connectivity index (χ4n) is 2.67. The van der Waals surface area contributed by atoms with Gasteiger partial charge in [0.1, 0.15) is 6.54 Å². The van der Waals surface area contributed by atoms with Gasteiger partial charge in [-0.1, -0.05) is 0 Å². The Kier molecular flexibility index (Phi) is 5.47. The molecule has 2 heterocycles. The van der Waals surface area contributed by atoms with Crippen LogP contribution in [0.3, 0.4) is 0 Å². The molecule has 1 unspecified atom stereocenters. The number of nitrogens with one attached hydrogen (secondary N) is 1. The number of carbonyl (C=O) groups excluding carboxylic acids is 2. The van der Waals surface area contributed by atoms with Gasteiger partial charge in [0.15, 0.2) is 5.66 Å². The van der Waals surface area contributed by atoms with Gasteiger partial charge in [-0.05, 0) is 6.42 Å². The molecule has 0 saturated carbocycles. The maximum absolute atomic E-state index is 12.2. The van der Waals surface area contributed by atoms with E-state index in [9.17, 15) is 22.8 Å². The van der Waals surface area contributed by atoms with Gasteiger partial charge in [0.2, 0.25) is 11.8 Å². The molecule has 0 aromatic rings. The van der Waals surface area contributed by atoms with Gasteiger partial charge in [-0.25, -0.2) is 0 Å². The Hall–Kier alpha value is -2.11. The Morgan fingerprint density at radius 3 is 2.62 bits per heavy atom. The van der Waals surface area contributed by atoms with Gasteiger partial charge < -0.3 is 10.2 Å². The summed E-state index contributed by atoms with van der Waals surface area (Å²) in [5.74, 6) is 1.11. The van der Waals surface area contributed by atoms with Crippen LogP contribution in [0.4, 0.5) is 13.2 Å². The highest BCUT2D eigenvalue weighted by atomic mass is 19.4. The van der Waals surface area contributed by atoms with Crippen molar-refractivity contribution < 1.29 is 22.8 Å². The van der Waals surface area contributed by atoms with E-state index in [1.165, 1.54) is 4.90 Å². The first-order valence-corrected chi connectivity index (χ1v) is 7.74. The lowest BCUT2D eigenvalue weighted by atomic mass is 10.0. The van der Waals surface area contributed by atoms with E-state index in [0.717, 1.165) is 0 Å². The summed E-state index contributed by atoms with van der Waals surface area (Å²) in [5.41, 5.74) is -0.536. The molecule has 0 bridgehead atoms. The van der Waals surface area contributed by atoms with Crippen LogP contribution in [0.25, 0.3) is 0 Å². The average Bonchev–Trinajstić information content (AvgIpc) is 3.12. The molecule has 0 radical (unpaired) electrons. The van der Waals surface area contributed by atoms with E-state index in [2.05, 4.69) is 16.1 Å². The normalized spacial score (nSPS) is 21.4. The Bertz CT molecular complexity index is 562. The van der Waals surface area contributed by atoms with Crippen molar-refractivity contribution in [1.29, 1.82) is 0 Å². The second-order valence-corrected chi connectivity index (χ2v) is 6.04. The maximum atomic E-state index is 12.2. The standard InChI is InChI=1S/C15H19F3N4O2/c1-2-3-6-14(20-21-14)7-4-12(23)22-8-5-11(9-22)13(24)19-10-15(16,17)18/h1,11H,3-10H2,(H,19,24). The number of likely N-dealkylation sites (tertiary alicyclic amines) is 1. The number of rotatable bonds is 7. The number of terminal acetylenes is 1. The smallest absolute Gasteiger partial charge is 0.347 e. The second-order valence-electron chi connectivity index (χ2n) is 6.04. The first-order valence-electron chi connectivity index (χ1n) is 7.74. The van der Waals surface area contributed by atoms with Crippen LogP contribution in [-0.4, -0.2) is 48.2 Å². The number of hydrogen-bond donors (Lipinski definition) is 1. The van der Waals surface area contributed by atoms with E-state index in [1.807, 2.05) is 5.32 Å². The fourth-order valence-corrected chi connectivity index (χ4v) is 2.67. The predicted molar refractivity (Wildman–Crippen MR) is 78.6 cm³/mol. The first-order chi connectivity index (χ1) is 11.2. The van der Waals surface area contributed by atoms with E-state index in [4.69, 9.17) is 6.42 Å². The molecular formula is C15H19F3N4O2. The highest BCUT2D eigenvalue weighted by molar-refractivity contribution is 5.82. The van der Waals surface area contributed by atoms with Crippen molar-refractivity contribution in [2.45, 2.75) is 43.9 Å². The quantitative estimate of drug-likeness (QED) is 0.716. The first kappa shape index (κ1) is 18.2. The molecule has 0 spiro atoms. The highest BCUT2D eigenvalue weighted by Crippen LogP contribution is 2.37. The zero-order valence-electron chi connectivity index (χ0n) is 13.1. The van der Waals surface area contributed by atoms with Crippen LogP contribution in [0.15, 0.2) is 10.2 Å². The van der Waals surface area contributed by atoms with Crippen molar-refractivity contribution in [2.75, 3.05) is 19.6 Å². The zero-order chi connectivity index (χ0) is 17.8. The SMILES string of the molecule is C#CCCC1(CCC(=O)N2CCC(C(=O)NCC(F)(F)F)C2)N=N1. The average molecular weight is 344 g/mol. The summed E-state index contributed by atoms with van der Waals surface area (Å²) in [6.07, 6.45) is 2.97. The third-order valence-corrected chi connectivity index (χ3v) is 4.17. The Morgan fingerprint density at radius 1 is 1.33 bits per heavy atom. The molecule has 2 aliphatic rings. The number of halogens is 3. The lowest BCUT2D eigenvalue weighted by Gasteiger charge is -2.17. The molecule has 2 amide bonds. The zero-order valence-corrected chi connectivity index (χ0v) is 13.1. The fraction of sp³-hybridized carbons (Fsp3) is 0.733. The van der Waals surface area contributed by atoms with E-state index in [0.29, 0.717) is 32.2 Å². The minimum atomic E-state index is -4.44. The van der Waals surface area contributed by atoms with E-state index >= 15 is 0 Å². The minimum Gasteiger partial charge on any atom is -0.347 e. The molecule has 2 aliphatic heterocycles. The number of nitrogens with zero attached hydrogens (tertiary/aromatic N) is 3. The molecule has 1 atom stereocenters. The van der Waals surface area contributed by atoms with Crippen LogP contribution < -0.4 is 5.32 Å². The van der Waals surface area contributed by atoms with Crippen LogP contribution in [0.5, 0.6) is 0 Å². The molecule has 0 aliphatic carbocycles. The van der Waals surface area contributed by atoms with Crippen LogP contribution in [0, 0.1) is 18.3 Å². The molecule has 132 valence electrons. The van der Waals surface area contributed by atoms with Crippen molar-refractivity contribution >= 4 is 11.8 Å². The molecule has 6 nitrogen and oxygen atoms in total. The molecular weight excluding hydrogens is 325 g/mol. The van der Waals surface area contributed by atoms with Gasteiger partial charge >= 0.3 is 6.18 Å². The number of carbonyl (C=O) groups is 2. The van der Waals surface area contributed by atoms with E-state index in [1.54, 1.807) is 0 Å². The van der Waals surface area contributed by atoms with Gasteiger partial charge in [-0.2, -0.15) is 23.4 Å². The van der Waals surface area contributed by atoms with Gasteiger partial charge in [-0.3, -0.25) is 9.59 Å². The maximum Gasteiger partial charge on any atom is 0.405 e. The third-order valence-electron chi connectivity index (χ3n) is 4.17. The second kappa shape index (κ2) is 7.20. The predicted octanol–water partition coefficient (Wildman–Crippen LogP) is 1.87. The lowest BCUT2D eigenvalue weighted by Crippen LogP contribution is -2.39. The Labute approximate surface area is 137 Å². The topological polar surface area (TPSA) is 74.1 Å². The van der Waals surface area contributed by atoms with Gasteiger partial charge in [0.05, 0.1) is 5.92 Å². The van der Waals surface area contributed by atoms with Crippen molar-refractivity contribution in [3.63, 3.8) is 0 Å². The van der Waals surface area contributed by atoms with Gasteiger partial charge in [0, 0.05) is 38.8 Å². The summed E-state index contributed by atoms with van der Waals surface area (Å²) in [6.45, 7) is -0.834. The van der Waals surface area contributed by atoms with Crippen molar-refractivity contribution in [1.82, 2.24) is 10.2 Å². The molecule has 24 heavy (non-hydrogen) atoms. The summed E-state index contributed by atoms with van der Waals surface area (Å²) < 4.78 is 36.3. The summed E-state index contributed by atoms with van der Waals surface area (Å²) in [7, 11) is 0.